The monoisotopic (exact) mass is 303 g/mol. The number of carbonyl (C=O) groups excluding carboxylic acids is 1. The van der Waals surface area contributed by atoms with Crippen molar-refractivity contribution in [3.05, 3.63) is 18.3 Å². The maximum atomic E-state index is 12.0. The molecule has 0 aliphatic carbocycles. The Bertz CT molecular complexity index is 482. The molecule has 8 heteroatoms. The van der Waals surface area contributed by atoms with Crippen LogP contribution in [0, 0.1) is 5.92 Å². The molecular weight excluding hydrogens is 287 g/mol. The van der Waals surface area contributed by atoms with Crippen LogP contribution in [0.5, 0.6) is 5.75 Å². The number of alkyl halides is 3. The summed E-state index contributed by atoms with van der Waals surface area (Å²) in [6, 6.07) is 2.74. The summed E-state index contributed by atoms with van der Waals surface area (Å²) in [5.74, 6) is 0.226. The lowest BCUT2D eigenvalue weighted by atomic mass is 9.93. The van der Waals surface area contributed by atoms with E-state index in [0.717, 1.165) is 19.0 Å². The lowest BCUT2D eigenvalue weighted by Crippen LogP contribution is -2.35. The molecule has 0 atom stereocenters. The molecule has 0 spiro atoms. The first-order valence-electron chi connectivity index (χ1n) is 6.58. The number of ether oxygens (including phenoxy) is 1. The molecule has 0 unspecified atom stereocenters. The molecular formula is C13H16F3N3O2. The summed E-state index contributed by atoms with van der Waals surface area (Å²) in [6.45, 7) is 1.40. The third-order valence-corrected chi connectivity index (χ3v) is 3.38. The van der Waals surface area contributed by atoms with Crippen molar-refractivity contribution >= 4 is 11.7 Å². The highest BCUT2D eigenvalue weighted by atomic mass is 19.4. The molecule has 1 saturated heterocycles. The Labute approximate surface area is 119 Å². The first kappa shape index (κ1) is 15.4. The predicted octanol–water partition coefficient (Wildman–Crippen LogP) is 2.07. The van der Waals surface area contributed by atoms with Gasteiger partial charge >= 0.3 is 6.36 Å². The van der Waals surface area contributed by atoms with Crippen molar-refractivity contribution in [2.45, 2.75) is 25.6 Å². The summed E-state index contributed by atoms with van der Waals surface area (Å²) in [5, 5.41) is 0. The number of piperidine rings is 1. The Balaban J connectivity index is 1.90. The van der Waals surface area contributed by atoms with Crippen LogP contribution < -0.4 is 15.4 Å². The van der Waals surface area contributed by atoms with E-state index in [1.165, 1.54) is 12.1 Å². The Morgan fingerprint density at radius 1 is 1.38 bits per heavy atom. The van der Waals surface area contributed by atoms with Gasteiger partial charge in [-0.2, -0.15) is 0 Å². The van der Waals surface area contributed by atoms with Crippen molar-refractivity contribution in [1.29, 1.82) is 0 Å². The lowest BCUT2D eigenvalue weighted by Gasteiger charge is -2.32. The summed E-state index contributed by atoms with van der Waals surface area (Å²) in [6.07, 6.45) is -1.66. The number of amides is 1. The third-order valence-electron chi connectivity index (χ3n) is 3.38. The second-order valence-corrected chi connectivity index (χ2v) is 5.00. The molecule has 1 aliphatic heterocycles. The minimum atomic E-state index is -4.71. The Morgan fingerprint density at radius 2 is 2.05 bits per heavy atom. The molecule has 0 radical (unpaired) electrons. The van der Waals surface area contributed by atoms with E-state index < -0.39 is 6.36 Å². The molecule has 116 valence electrons. The number of hydrogen-bond acceptors (Lipinski definition) is 4. The third kappa shape index (κ3) is 4.80. The topological polar surface area (TPSA) is 68.5 Å². The smallest absolute Gasteiger partial charge is 0.404 e. The molecule has 0 bridgehead atoms. The average molecular weight is 303 g/mol. The first-order chi connectivity index (χ1) is 9.83. The van der Waals surface area contributed by atoms with Crippen LogP contribution in [-0.2, 0) is 4.79 Å². The van der Waals surface area contributed by atoms with Gasteiger partial charge in [-0.25, -0.2) is 4.98 Å². The maximum absolute atomic E-state index is 12.0. The Hall–Kier alpha value is -1.99. The number of primary amides is 1. The highest BCUT2D eigenvalue weighted by Crippen LogP contribution is 2.26. The van der Waals surface area contributed by atoms with Gasteiger partial charge in [-0.1, -0.05) is 0 Å². The molecule has 5 nitrogen and oxygen atoms in total. The summed E-state index contributed by atoms with van der Waals surface area (Å²) >= 11 is 0. The van der Waals surface area contributed by atoms with E-state index in [1.54, 1.807) is 0 Å². The maximum Gasteiger partial charge on any atom is 0.573 e. The SMILES string of the molecule is NC(=O)CC1CCN(c2ccc(OC(F)(F)F)cn2)CC1. The van der Waals surface area contributed by atoms with Crippen LogP contribution in [0.2, 0.25) is 0 Å². The highest BCUT2D eigenvalue weighted by molar-refractivity contribution is 5.74. The van der Waals surface area contributed by atoms with Gasteiger partial charge < -0.3 is 15.4 Å². The Kier molecular flexibility index (Phi) is 4.54. The van der Waals surface area contributed by atoms with Crippen LogP contribution in [0.4, 0.5) is 19.0 Å². The molecule has 21 heavy (non-hydrogen) atoms. The summed E-state index contributed by atoms with van der Waals surface area (Å²) in [4.78, 5) is 16.8. The van der Waals surface area contributed by atoms with Crippen molar-refractivity contribution in [3.8, 4) is 5.75 Å². The van der Waals surface area contributed by atoms with E-state index in [9.17, 15) is 18.0 Å². The fraction of sp³-hybridized carbons (Fsp3) is 0.538. The first-order valence-corrected chi connectivity index (χ1v) is 6.58. The van der Waals surface area contributed by atoms with Crippen molar-refractivity contribution in [2.24, 2.45) is 11.7 Å². The second-order valence-electron chi connectivity index (χ2n) is 5.00. The zero-order chi connectivity index (χ0) is 15.5. The van der Waals surface area contributed by atoms with Crippen LogP contribution in [0.1, 0.15) is 19.3 Å². The van der Waals surface area contributed by atoms with Gasteiger partial charge in [0.25, 0.3) is 0 Å². The van der Waals surface area contributed by atoms with Gasteiger partial charge in [-0.15, -0.1) is 13.2 Å². The zero-order valence-corrected chi connectivity index (χ0v) is 11.3. The number of aromatic nitrogens is 1. The molecule has 0 saturated carbocycles. The van der Waals surface area contributed by atoms with Gasteiger partial charge in [0.2, 0.25) is 5.91 Å². The van der Waals surface area contributed by atoms with E-state index in [-0.39, 0.29) is 17.6 Å². The molecule has 1 amide bonds. The molecule has 1 aliphatic rings. The van der Waals surface area contributed by atoms with Gasteiger partial charge in [0, 0.05) is 19.5 Å². The van der Waals surface area contributed by atoms with Crippen LogP contribution in [0.25, 0.3) is 0 Å². The van der Waals surface area contributed by atoms with E-state index in [4.69, 9.17) is 5.73 Å². The largest absolute Gasteiger partial charge is 0.573 e. The number of nitrogens with two attached hydrogens (primary N) is 1. The van der Waals surface area contributed by atoms with Crippen LogP contribution >= 0.6 is 0 Å². The fourth-order valence-corrected chi connectivity index (χ4v) is 2.40. The summed E-state index contributed by atoms with van der Waals surface area (Å²) in [7, 11) is 0. The number of nitrogens with zero attached hydrogens (tertiary/aromatic N) is 2. The van der Waals surface area contributed by atoms with Crippen molar-refractivity contribution < 1.29 is 22.7 Å². The van der Waals surface area contributed by atoms with E-state index in [2.05, 4.69) is 9.72 Å². The number of pyridine rings is 1. The van der Waals surface area contributed by atoms with Crippen LogP contribution in [-0.4, -0.2) is 30.3 Å². The minimum Gasteiger partial charge on any atom is -0.404 e. The van der Waals surface area contributed by atoms with Crippen molar-refractivity contribution in [2.75, 3.05) is 18.0 Å². The molecule has 1 aromatic heterocycles. The van der Waals surface area contributed by atoms with Crippen LogP contribution in [0.15, 0.2) is 18.3 Å². The number of rotatable bonds is 4. The predicted molar refractivity (Wildman–Crippen MR) is 69.7 cm³/mol. The molecule has 0 aromatic carbocycles. The van der Waals surface area contributed by atoms with Crippen molar-refractivity contribution in [1.82, 2.24) is 4.98 Å². The van der Waals surface area contributed by atoms with E-state index in [1.807, 2.05) is 4.90 Å². The molecule has 2 rings (SSSR count). The normalized spacial score (nSPS) is 16.8. The van der Waals surface area contributed by atoms with Crippen LogP contribution in [0.3, 0.4) is 0 Å². The quantitative estimate of drug-likeness (QED) is 0.924. The number of anilines is 1. The molecule has 1 fully saturated rings. The van der Waals surface area contributed by atoms with Gasteiger partial charge in [0.1, 0.15) is 11.6 Å². The number of carbonyl (C=O) groups is 1. The zero-order valence-electron chi connectivity index (χ0n) is 11.3. The summed E-state index contributed by atoms with van der Waals surface area (Å²) in [5.41, 5.74) is 5.17. The number of halogens is 3. The van der Waals surface area contributed by atoms with Gasteiger partial charge in [-0.05, 0) is 30.9 Å². The molecule has 1 aromatic rings. The van der Waals surface area contributed by atoms with Crippen molar-refractivity contribution in [3.63, 3.8) is 0 Å². The van der Waals surface area contributed by atoms with Gasteiger partial charge in [-0.3, -0.25) is 4.79 Å². The average Bonchev–Trinajstić information content (AvgIpc) is 2.38. The lowest BCUT2D eigenvalue weighted by molar-refractivity contribution is -0.274. The van der Waals surface area contributed by atoms with E-state index >= 15 is 0 Å². The fourth-order valence-electron chi connectivity index (χ4n) is 2.40. The minimum absolute atomic E-state index is 0.270. The van der Waals surface area contributed by atoms with E-state index in [0.29, 0.717) is 25.3 Å². The standard InChI is InChI=1S/C13H16F3N3O2/c14-13(15,16)21-10-1-2-12(18-8-10)19-5-3-9(4-6-19)7-11(17)20/h1-2,8-9H,3-7H2,(H2,17,20). The number of hydrogen-bond donors (Lipinski definition) is 1. The van der Waals surface area contributed by atoms with Gasteiger partial charge in [0.05, 0.1) is 6.20 Å². The van der Waals surface area contributed by atoms with Gasteiger partial charge in [0.15, 0.2) is 0 Å². The highest BCUT2D eigenvalue weighted by Gasteiger charge is 2.31. The molecule has 2 heterocycles. The second kappa shape index (κ2) is 6.19. The summed E-state index contributed by atoms with van der Waals surface area (Å²) < 4.78 is 39.9. The molecule has 2 N–H and O–H groups in total. The Morgan fingerprint density at radius 3 is 2.52 bits per heavy atom.